The van der Waals surface area contributed by atoms with Crippen LogP contribution in [0.15, 0.2) is 6.20 Å². The minimum atomic E-state index is -2.92. The van der Waals surface area contributed by atoms with E-state index < -0.39 is 30.1 Å². The molecular formula is C7H5ClF3NO. The van der Waals surface area contributed by atoms with Gasteiger partial charge in [-0.3, -0.25) is 4.98 Å². The Morgan fingerprint density at radius 3 is 2.62 bits per heavy atom. The van der Waals surface area contributed by atoms with Gasteiger partial charge in [0, 0.05) is 11.8 Å². The standard InChI is InChI=1S/C7H5ClF3NO/c8-4-1-12-6(7(10)11)3(2-13)5(4)9/h1,7,13H,2H2. The minimum Gasteiger partial charge on any atom is -0.391 e. The minimum absolute atomic E-state index is 0.381. The summed E-state index contributed by atoms with van der Waals surface area (Å²) in [4.78, 5) is 3.23. The molecule has 0 atom stereocenters. The number of aliphatic hydroxyl groups excluding tert-OH is 1. The second kappa shape index (κ2) is 3.93. The maximum absolute atomic E-state index is 13.0. The summed E-state index contributed by atoms with van der Waals surface area (Å²) < 4.78 is 37.2. The van der Waals surface area contributed by atoms with Gasteiger partial charge in [0.05, 0.1) is 11.6 Å². The summed E-state index contributed by atoms with van der Waals surface area (Å²) in [6.07, 6.45) is -2.13. The highest BCUT2D eigenvalue weighted by atomic mass is 35.5. The van der Waals surface area contributed by atoms with Crippen LogP contribution < -0.4 is 0 Å². The van der Waals surface area contributed by atoms with E-state index in [1.807, 2.05) is 0 Å². The molecule has 0 spiro atoms. The van der Waals surface area contributed by atoms with Gasteiger partial charge in [-0.2, -0.15) is 0 Å². The van der Waals surface area contributed by atoms with Crippen LogP contribution in [0, 0.1) is 5.82 Å². The molecule has 1 aromatic heterocycles. The lowest BCUT2D eigenvalue weighted by Crippen LogP contribution is -2.02. The van der Waals surface area contributed by atoms with Gasteiger partial charge in [-0.15, -0.1) is 0 Å². The van der Waals surface area contributed by atoms with Crippen LogP contribution in [0.1, 0.15) is 17.7 Å². The lowest BCUT2D eigenvalue weighted by Gasteiger charge is -2.06. The molecule has 0 unspecified atom stereocenters. The Balaban J connectivity index is 3.30. The smallest absolute Gasteiger partial charge is 0.280 e. The van der Waals surface area contributed by atoms with Gasteiger partial charge >= 0.3 is 0 Å². The first-order valence-corrected chi connectivity index (χ1v) is 3.67. The summed E-state index contributed by atoms with van der Waals surface area (Å²) in [7, 11) is 0. The molecule has 0 radical (unpaired) electrons. The van der Waals surface area contributed by atoms with E-state index >= 15 is 0 Å². The van der Waals surface area contributed by atoms with Crippen LogP contribution in [0.3, 0.4) is 0 Å². The Labute approximate surface area is 77.0 Å². The van der Waals surface area contributed by atoms with E-state index in [0.29, 0.717) is 0 Å². The van der Waals surface area contributed by atoms with Crippen molar-refractivity contribution in [2.24, 2.45) is 0 Å². The molecule has 72 valence electrons. The summed E-state index contributed by atoms with van der Waals surface area (Å²) in [5, 5.41) is 8.22. The summed E-state index contributed by atoms with van der Waals surface area (Å²) in [6, 6.07) is 0. The summed E-state index contributed by atoms with van der Waals surface area (Å²) in [6.45, 7) is -0.848. The lowest BCUT2D eigenvalue weighted by molar-refractivity contribution is 0.140. The first-order valence-electron chi connectivity index (χ1n) is 3.29. The molecule has 0 bridgehead atoms. The van der Waals surface area contributed by atoms with Gasteiger partial charge in [0.2, 0.25) is 0 Å². The molecule has 0 aromatic carbocycles. The fourth-order valence-corrected chi connectivity index (χ4v) is 1.02. The molecule has 2 nitrogen and oxygen atoms in total. The van der Waals surface area contributed by atoms with Gasteiger partial charge in [-0.05, 0) is 0 Å². The molecule has 6 heteroatoms. The molecule has 0 saturated carbocycles. The van der Waals surface area contributed by atoms with Gasteiger partial charge in [0.15, 0.2) is 5.82 Å². The van der Waals surface area contributed by atoms with Crippen LogP contribution in [0.5, 0.6) is 0 Å². The van der Waals surface area contributed by atoms with Crippen molar-refractivity contribution in [3.8, 4) is 0 Å². The predicted octanol–water partition coefficient (Wildman–Crippen LogP) is 2.30. The molecule has 13 heavy (non-hydrogen) atoms. The number of hydrogen-bond donors (Lipinski definition) is 1. The third kappa shape index (κ3) is 1.92. The van der Waals surface area contributed by atoms with E-state index in [4.69, 9.17) is 16.7 Å². The molecule has 0 aliphatic heterocycles. The van der Waals surface area contributed by atoms with E-state index in [0.717, 1.165) is 6.20 Å². The van der Waals surface area contributed by atoms with E-state index in [-0.39, 0.29) is 5.02 Å². The van der Waals surface area contributed by atoms with Gasteiger partial charge in [-0.25, -0.2) is 13.2 Å². The zero-order valence-corrected chi connectivity index (χ0v) is 7.02. The summed E-state index contributed by atoms with van der Waals surface area (Å²) in [5.74, 6) is -1.05. The normalized spacial score (nSPS) is 10.9. The highest BCUT2D eigenvalue weighted by Gasteiger charge is 2.19. The van der Waals surface area contributed by atoms with E-state index in [9.17, 15) is 13.2 Å². The number of halogens is 4. The van der Waals surface area contributed by atoms with Crippen molar-refractivity contribution in [1.29, 1.82) is 0 Å². The van der Waals surface area contributed by atoms with Crippen LogP contribution in [0.4, 0.5) is 13.2 Å². The van der Waals surface area contributed by atoms with Crippen molar-refractivity contribution >= 4 is 11.6 Å². The average molecular weight is 212 g/mol. The number of aliphatic hydroxyl groups is 1. The van der Waals surface area contributed by atoms with Crippen LogP contribution in [-0.4, -0.2) is 10.1 Å². The number of rotatable bonds is 2. The predicted molar refractivity (Wildman–Crippen MR) is 40.1 cm³/mol. The van der Waals surface area contributed by atoms with Gasteiger partial charge < -0.3 is 5.11 Å². The zero-order valence-electron chi connectivity index (χ0n) is 6.27. The largest absolute Gasteiger partial charge is 0.391 e. The van der Waals surface area contributed by atoms with E-state index in [1.165, 1.54) is 0 Å². The van der Waals surface area contributed by atoms with Crippen molar-refractivity contribution < 1.29 is 18.3 Å². The van der Waals surface area contributed by atoms with Crippen molar-refractivity contribution in [3.63, 3.8) is 0 Å². The topological polar surface area (TPSA) is 33.1 Å². The van der Waals surface area contributed by atoms with Crippen molar-refractivity contribution in [2.45, 2.75) is 13.0 Å². The highest BCUT2D eigenvalue weighted by Crippen LogP contribution is 2.26. The Morgan fingerprint density at radius 1 is 1.54 bits per heavy atom. The Kier molecular flexibility index (Phi) is 3.11. The Hall–Kier alpha value is -0.810. The number of alkyl halides is 2. The molecular weight excluding hydrogens is 207 g/mol. The monoisotopic (exact) mass is 211 g/mol. The quantitative estimate of drug-likeness (QED) is 0.814. The molecule has 0 amide bonds. The first kappa shape index (κ1) is 10.3. The Morgan fingerprint density at radius 2 is 2.15 bits per heavy atom. The van der Waals surface area contributed by atoms with Gasteiger partial charge in [0.25, 0.3) is 6.43 Å². The maximum Gasteiger partial charge on any atom is 0.280 e. The van der Waals surface area contributed by atoms with Crippen LogP contribution in [0.25, 0.3) is 0 Å². The summed E-state index contributed by atoms with van der Waals surface area (Å²) in [5.41, 5.74) is -1.33. The van der Waals surface area contributed by atoms with Crippen LogP contribution in [0.2, 0.25) is 5.02 Å². The number of nitrogens with zero attached hydrogens (tertiary/aromatic N) is 1. The van der Waals surface area contributed by atoms with Crippen LogP contribution >= 0.6 is 11.6 Å². The molecule has 0 fully saturated rings. The van der Waals surface area contributed by atoms with Gasteiger partial charge in [-0.1, -0.05) is 11.6 Å². The number of pyridine rings is 1. The second-order valence-electron chi connectivity index (χ2n) is 2.24. The molecule has 1 N–H and O–H groups in total. The lowest BCUT2D eigenvalue weighted by atomic mass is 10.2. The highest BCUT2D eigenvalue weighted by molar-refractivity contribution is 6.30. The fourth-order valence-electron chi connectivity index (χ4n) is 0.856. The van der Waals surface area contributed by atoms with Crippen LogP contribution in [-0.2, 0) is 6.61 Å². The second-order valence-corrected chi connectivity index (χ2v) is 2.65. The Bertz CT molecular complexity index is 319. The number of hydrogen-bond acceptors (Lipinski definition) is 2. The average Bonchev–Trinajstić information content (AvgIpc) is 2.09. The third-order valence-electron chi connectivity index (χ3n) is 1.47. The zero-order chi connectivity index (χ0) is 10.0. The molecule has 1 heterocycles. The molecule has 0 aliphatic rings. The third-order valence-corrected chi connectivity index (χ3v) is 1.73. The maximum atomic E-state index is 13.0. The summed E-state index contributed by atoms with van der Waals surface area (Å²) >= 11 is 5.28. The molecule has 1 aromatic rings. The van der Waals surface area contributed by atoms with E-state index in [2.05, 4.69) is 4.98 Å². The molecule has 0 saturated heterocycles. The molecule has 1 rings (SSSR count). The van der Waals surface area contributed by atoms with Crippen molar-refractivity contribution in [2.75, 3.05) is 0 Å². The fraction of sp³-hybridized carbons (Fsp3) is 0.286. The first-order chi connectivity index (χ1) is 6.07. The molecule has 0 aliphatic carbocycles. The van der Waals surface area contributed by atoms with Crippen molar-refractivity contribution in [1.82, 2.24) is 4.98 Å². The SMILES string of the molecule is OCc1c(C(F)F)ncc(Cl)c1F. The van der Waals surface area contributed by atoms with E-state index in [1.54, 1.807) is 0 Å². The number of aromatic nitrogens is 1. The van der Waals surface area contributed by atoms with Gasteiger partial charge in [0.1, 0.15) is 5.69 Å². The van der Waals surface area contributed by atoms with Crippen molar-refractivity contribution in [3.05, 3.63) is 28.3 Å².